The number of hydrogen-bond acceptors (Lipinski definition) is 4. The van der Waals surface area contributed by atoms with Gasteiger partial charge in [0.2, 0.25) is 10.0 Å². The molecule has 1 atom stereocenters. The van der Waals surface area contributed by atoms with E-state index in [9.17, 15) is 8.42 Å². The quantitative estimate of drug-likeness (QED) is 0.570. The van der Waals surface area contributed by atoms with Gasteiger partial charge in [-0.25, -0.2) is 13.6 Å². The largest absolute Gasteiger partial charge is 0.399 e. The fourth-order valence-electron chi connectivity index (χ4n) is 2.04. The molecule has 1 aliphatic carbocycles. The molecule has 5 nitrogen and oxygen atoms in total. The Hall–Kier alpha value is -1.53. The maximum atomic E-state index is 11.5. The Morgan fingerprint density at radius 2 is 2.06 bits per heavy atom. The monoisotopic (exact) mass is 267 g/mol. The van der Waals surface area contributed by atoms with Crippen molar-refractivity contribution < 1.29 is 8.42 Å². The molecule has 0 saturated carbocycles. The Labute approximate surface area is 107 Å². The molecule has 0 bridgehead atoms. The van der Waals surface area contributed by atoms with Crippen molar-refractivity contribution in [2.75, 3.05) is 11.1 Å². The van der Waals surface area contributed by atoms with Gasteiger partial charge in [0, 0.05) is 11.7 Å². The molecule has 98 valence electrons. The molecule has 0 aromatic heterocycles. The van der Waals surface area contributed by atoms with Crippen molar-refractivity contribution >= 4 is 21.4 Å². The van der Waals surface area contributed by atoms with Gasteiger partial charge in [-0.15, -0.1) is 0 Å². The second-order valence-corrected chi connectivity index (χ2v) is 5.96. The third kappa shape index (κ3) is 3.02. The van der Waals surface area contributed by atoms with Crippen molar-refractivity contribution in [1.29, 1.82) is 0 Å². The number of anilines is 2. The van der Waals surface area contributed by atoms with Gasteiger partial charge in [-0.05, 0) is 37.5 Å². The standard InChI is InChI=1S/C12H17N3O2S/c13-9-6-7-11(12(8-9)18(14,16)17)15-10-4-2-1-3-5-10/h1-2,6-8,10,15H,3-5,13H2,(H2,14,16,17). The summed E-state index contributed by atoms with van der Waals surface area (Å²) in [5.74, 6) is 0. The first-order valence-corrected chi connectivity index (χ1v) is 7.35. The van der Waals surface area contributed by atoms with Crippen LogP contribution in [0.1, 0.15) is 19.3 Å². The van der Waals surface area contributed by atoms with Crippen LogP contribution >= 0.6 is 0 Å². The lowest BCUT2D eigenvalue weighted by Gasteiger charge is -2.22. The van der Waals surface area contributed by atoms with E-state index in [1.165, 1.54) is 6.07 Å². The summed E-state index contributed by atoms with van der Waals surface area (Å²) in [6.07, 6.45) is 7.08. The molecule has 18 heavy (non-hydrogen) atoms. The van der Waals surface area contributed by atoms with Crippen LogP contribution in [0, 0.1) is 0 Å². The highest BCUT2D eigenvalue weighted by atomic mass is 32.2. The fourth-order valence-corrected chi connectivity index (χ4v) is 2.77. The second-order valence-electron chi connectivity index (χ2n) is 4.43. The number of allylic oxidation sites excluding steroid dienone is 1. The Bertz CT molecular complexity index is 567. The highest BCUT2D eigenvalue weighted by molar-refractivity contribution is 7.89. The van der Waals surface area contributed by atoms with E-state index in [4.69, 9.17) is 10.9 Å². The second kappa shape index (κ2) is 4.99. The highest BCUT2D eigenvalue weighted by Gasteiger charge is 2.17. The first-order valence-electron chi connectivity index (χ1n) is 5.80. The number of nitrogens with one attached hydrogen (secondary N) is 1. The Morgan fingerprint density at radius 1 is 1.28 bits per heavy atom. The van der Waals surface area contributed by atoms with Gasteiger partial charge in [0.1, 0.15) is 4.90 Å². The molecule has 0 heterocycles. The number of rotatable bonds is 3. The van der Waals surface area contributed by atoms with Crippen LogP contribution in [0.15, 0.2) is 35.2 Å². The van der Waals surface area contributed by atoms with Crippen molar-refractivity contribution in [3.63, 3.8) is 0 Å². The normalized spacial score (nSPS) is 19.7. The molecule has 1 aromatic carbocycles. The van der Waals surface area contributed by atoms with Crippen molar-refractivity contribution in [2.24, 2.45) is 5.14 Å². The SMILES string of the molecule is Nc1ccc(NC2CC=CCC2)c(S(N)(=O)=O)c1. The molecule has 1 aromatic rings. The predicted molar refractivity (Wildman–Crippen MR) is 72.6 cm³/mol. The summed E-state index contributed by atoms with van der Waals surface area (Å²) in [5.41, 5.74) is 6.50. The molecule has 0 saturated heterocycles. The number of sulfonamides is 1. The molecule has 2 rings (SSSR count). The van der Waals surface area contributed by atoms with Gasteiger partial charge >= 0.3 is 0 Å². The van der Waals surface area contributed by atoms with Crippen LogP contribution in [-0.4, -0.2) is 14.5 Å². The van der Waals surface area contributed by atoms with Gasteiger partial charge in [0.05, 0.1) is 5.69 Å². The van der Waals surface area contributed by atoms with Crippen LogP contribution < -0.4 is 16.2 Å². The minimum Gasteiger partial charge on any atom is -0.399 e. The molecule has 0 amide bonds. The van der Waals surface area contributed by atoms with Crippen LogP contribution in [0.5, 0.6) is 0 Å². The maximum Gasteiger partial charge on any atom is 0.240 e. The summed E-state index contributed by atoms with van der Waals surface area (Å²) in [4.78, 5) is 0.0528. The van der Waals surface area contributed by atoms with E-state index in [0.717, 1.165) is 19.3 Å². The average molecular weight is 267 g/mol. The van der Waals surface area contributed by atoms with Crippen LogP contribution in [0.25, 0.3) is 0 Å². The summed E-state index contributed by atoms with van der Waals surface area (Å²) in [7, 11) is -3.77. The van der Waals surface area contributed by atoms with Crippen LogP contribution in [0.4, 0.5) is 11.4 Å². The number of nitrogens with two attached hydrogens (primary N) is 2. The molecule has 0 radical (unpaired) electrons. The third-order valence-electron chi connectivity index (χ3n) is 2.94. The van der Waals surface area contributed by atoms with Gasteiger partial charge in [0.15, 0.2) is 0 Å². The number of nitrogen functional groups attached to an aromatic ring is 1. The summed E-state index contributed by atoms with van der Waals surface area (Å²) < 4.78 is 23.0. The van der Waals surface area contributed by atoms with Gasteiger partial charge in [-0.3, -0.25) is 0 Å². The molecule has 0 aliphatic heterocycles. The zero-order valence-electron chi connectivity index (χ0n) is 9.96. The van der Waals surface area contributed by atoms with E-state index in [-0.39, 0.29) is 10.9 Å². The number of primary sulfonamides is 1. The Kier molecular flexibility index (Phi) is 3.58. The van der Waals surface area contributed by atoms with E-state index in [1.807, 2.05) is 0 Å². The maximum absolute atomic E-state index is 11.5. The zero-order chi connectivity index (χ0) is 13.2. The summed E-state index contributed by atoms with van der Waals surface area (Å²) >= 11 is 0. The van der Waals surface area contributed by atoms with E-state index in [0.29, 0.717) is 11.4 Å². The number of hydrogen-bond donors (Lipinski definition) is 3. The van der Waals surface area contributed by atoms with Crippen molar-refractivity contribution in [3.8, 4) is 0 Å². The van der Waals surface area contributed by atoms with Crippen LogP contribution in [0.2, 0.25) is 0 Å². The third-order valence-corrected chi connectivity index (χ3v) is 3.89. The Balaban J connectivity index is 2.30. The van der Waals surface area contributed by atoms with E-state index in [2.05, 4.69) is 17.5 Å². The molecule has 1 unspecified atom stereocenters. The smallest absolute Gasteiger partial charge is 0.240 e. The van der Waals surface area contributed by atoms with Crippen molar-refractivity contribution in [2.45, 2.75) is 30.2 Å². The molecular formula is C12H17N3O2S. The summed E-state index contributed by atoms with van der Waals surface area (Å²) in [6.45, 7) is 0. The van der Waals surface area contributed by atoms with E-state index < -0.39 is 10.0 Å². The first kappa shape index (κ1) is 12.9. The lowest BCUT2D eigenvalue weighted by atomic mass is 10.0. The zero-order valence-corrected chi connectivity index (χ0v) is 10.8. The molecule has 1 aliphatic rings. The topological polar surface area (TPSA) is 98.2 Å². The minimum absolute atomic E-state index is 0.0528. The van der Waals surface area contributed by atoms with Gasteiger partial charge in [-0.2, -0.15) is 0 Å². The predicted octanol–water partition coefficient (Wildman–Crippen LogP) is 1.44. The van der Waals surface area contributed by atoms with Crippen molar-refractivity contribution in [3.05, 3.63) is 30.4 Å². The number of benzene rings is 1. The van der Waals surface area contributed by atoms with E-state index in [1.54, 1.807) is 12.1 Å². The summed E-state index contributed by atoms with van der Waals surface area (Å²) in [5, 5.41) is 8.41. The van der Waals surface area contributed by atoms with Crippen LogP contribution in [0.3, 0.4) is 0 Å². The molecular weight excluding hydrogens is 250 g/mol. The van der Waals surface area contributed by atoms with E-state index >= 15 is 0 Å². The van der Waals surface area contributed by atoms with Gasteiger partial charge < -0.3 is 11.1 Å². The van der Waals surface area contributed by atoms with Crippen LogP contribution in [-0.2, 0) is 10.0 Å². The molecule has 5 N–H and O–H groups in total. The van der Waals surface area contributed by atoms with Gasteiger partial charge in [0.25, 0.3) is 0 Å². The molecule has 6 heteroatoms. The lowest BCUT2D eigenvalue weighted by Crippen LogP contribution is -2.23. The first-order chi connectivity index (χ1) is 8.47. The highest BCUT2D eigenvalue weighted by Crippen LogP contribution is 2.25. The molecule has 0 fully saturated rings. The molecule has 0 spiro atoms. The average Bonchev–Trinajstić information content (AvgIpc) is 2.31. The van der Waals surface area contributed by atoms with Gasteiger partial charge in [-0.1, -0.05) is 12.2 Å². The summed E-state index contributed by atoms with van der Waals surface area (Å²) in [6, 6.07) is 4.94. The van der Waals surface area contributed by atoms with Crippen molar-refractivity contribution in [1.82, 2.24) is 0 Å². The minimum atomic E-state index is -3.77. The lowest BCUT2D eigenvalue weighted by molar-refractivity contribution is 0.597. The Morgan fingerprint density at radius 3 is 2.67 bits per heavy atom. The fraction of sp³-hybridized carbons (Fsp3) is 0.333.